The Morgan fingerprint density at radius 3 is 2.92 bits per heavy atom. The molecule has 3 aliphatic rings. The molecule has 2 atom stereocenters. The number of anilines is 1. The number of aromatic nitrogens is 3. The minimum atomic E-state index is -0.923. The molecule has 6 rings (SSSR count). The fourth-order valence-electron chi connectivity index (χ4n) is 6.03. The summed E-state index contributed by atoms with van der Waals surface area (Å²) in [6.07, 6.45) is 5.89. The van der Waals surface area contributed by atoms with Crippen LogP contribution in [0.25, 0.3) is 10.8 Å². The van der Waals surface area contributed by atoms with E-state index >= 15 is 0 Å². The highest BCUT2D eigenvalue weighted by Gasteiger charge is 2.34. The lowest BCUT2D eigenvalue weighted by atomic mass is 9.96. The van der Waals surface area contributed by atoms with Gasteiger partial charge in [-0.2, -0.15) is 9.97 Å². The van der Waals surface area contributed by atoms with Gasteiger partial charge < -0.3 is 25.0 Å². The molecule has 5 heterocycles. The maximum Gasteiger partial charge on any atom is 0.407 e. The highest BCUT2D eigenvalue weighted by molar-refractivity contribution is 5.93. The smallest absolute Gasteiger partial charge is 0.407 e. The number of carboxylic acid groups (broad SMARTS) is 1. The monoisotopic (exact) mass is 517 g/mol. The Bertz CT molecular complexity index is 1350. The van der Waals surface area contributed by atoms with Crippen LogP contribution < -0.4 is 15.0 Å². The summed E-state index contributed by atoms with van der Waals surface area (Å²) in [7, 11) is 2.12. The number of hydrogen-bond donors (Lipinski definition) is 2. The first-order valence-corrected chi connectivity index (χ1v) is 13.5. The third-order valence-corrected chi connectivity index (χ3v) is 8.19. The van der Waals surface area contributed by atoms with Gasteiger partial charge >= 0.3 is 12.1 Å². The van der Waals surface area contributed by atoms with Crippen LogP contribution in [0.3, 0.4) is 0 Å². The lowest BCUT2D eigenvalue weighted by molar-refractivity contribution is 0.110. The van der Waals surface area contributed by atoms with Crippen LogP contribution in [0.2, 0.25) is 0 Å². The Kier molecular flexibility index (Phi) is 6.75. The van der Waals surface area contributed by atoms with Gasteiger partial charge in [-0.25, -0.2) is 4.79 Å². The molecule has 2 saturated heterocycles. The molecule has 0 radical (unpaired) electrons. The number of fused-ring (bicyclic) bond motifs is 2. The molecule has 0 saturated carbocycles. The van der Waals surface area contributed by atoms with E-state index < -0.39 is 6.09 Å². The zero-order chi connectivity index (χ0) is 26.2. The van der Waals surface area contributed by atoms with Crippen molar-refractivity contribution in [1.82, 2.24) is 30.1 Å². The van der Waals surface area contributed by atoms with Crippen molar-refractivity contribution in [1.29, 1.82) is 0 Å². The molecule has 1 aromatic carbocycles. The van der Waals surface area contributed by atoms with Crippen molar-refractivity contribution >= 4 is 22.6 Å². The third kappa shape index (κ3) is 4.74. The van der Waals surface area contributed by atoms with Crippen LogP contribution in [-0.4, -0.2) is 88.4 Å². The molecule has 0 bridgehead atoms. The number of rotatable bonds is 5. The third-order valence-electron chi connectivity index (χ3n) is 8.19. The molecule has 2 fully saturated rings. The average Bonchev–Trinajstić information content (AvgIpc) is 3.35. The van der Waals surface area contributed by atoms with Gasteiger partial charge in [-0.3, -0.25) is 9.88 Å². The van der Waals surface area contributed by atoms with Crippen molar-refractivity contribution in [3.05, 3.63) is 53.1 Å². The van der Waals surface area contributed by atoms with E-state index in [2.05, 4.69) is 52.3 Å². The predicted octanol–water partition coefficient (Wildman–Crippen LogP) is 2.99. The number of amides is 1. The van der Waals surface area contributed by atoms with Gasteiger partial charge in [0, 0.05) is 54.8 Å². The van der Waals surface area contributed by atoms with Crippen molar-refractivity contribution < 1.29 is 14.6 Å². The van der Waals surface area contributed by atoms with Crippen LogP contribution in [0.15, 0.2) is 30.6 Å². The van der Waals surface area contributed by atoms with E-state index in [0.29, 0.717) is 44.8 Å². The SMILES string of the molecule is Cc1ccc2cncc(N3CCc4c(nc(OC[C@@H]5CCCN5C)nc4C4CNCCN4C(=O)O)C3)c2c1. The van der Waals surface area contributed by atoms with Crippen molar-refractivity contribution in [2.45, 2.75) is 44.8 Å². The first-order chi connectivity index (χ1) is 18.5. The maximum atomic E-state index is 12.1. The zero-order valence-electron chi connectivity index (χ0n) is 22.1. The summed E-state index contributed by atoms with van der Waals surface area (Å²) in [5.41, 5.74) is 5.00. The quantitative estimate of drug-likeness (QED) is 0.528. The molecule has 10 heteroatoms. The van der Waals surface area contributed by atoms with Crippen LogP contribution >= 0.6 is 0 Å². The summed E-state index contributed by atoms with van der Waals surface area (Å²) < 4.78 is 6.20. The predicted molar refractivity (Wildman–Crippen MR) is 145 cm³/mol. The average molecular weight is 518 g/mol. The van der Waals surface area contributed by atoms with Crippen molar-refractivity contribution in [2.24, 2.45) is 0 Å². The molecule has 1 unspecified atom stereocenters. The molecule has 1 amide bonds. The molecule has 200 valence electrons. The largest absolute Gasteiger partial charge is 0.465 e. The summed E-state index contributed by atoms with van der Waals surface area (Å²) >= 11 is 0. The fourth-order valence-corrected chi connectivity index (χ4v) is 6.03. The zero-order valence-corrected chi connectivity index (χ0v) is 22.1. The highest BCUT2D eigenvalue weighted by atomic mass is 16.5. The molecule has 2 N–H and O–H groups in total. The van der Waals surface area contributed by atoms with Gasteiger partial charge in [-0.1, -0.05) is 17.7 Å². The van der Waals surface area contributed by atoms with E-state index in [1.807, 2.05) is 12.4 Å². The summed E-state index contributed by atoms with van der Waals surface area (Å²) in [4.78, 5) is 32.5. The number of ether oxygens (including phenoxy) is 1. The first-order valence-electron chi connectivity index (χ1n) is 13.5. The molecular weight excluding hydrogens is 482 g/mol. The Morgan fingerprint density at radius 2 is 2.11 bits per heavy atom. The van der Waals surface area contributed by atoms with Crippen LogP contribution in [0.1, 0.15) is 41.4 Å². The number of likely N-dealkylation sites (N-methyl/N-ethyl adjacent to an activating group) is 1. The Morgan fingerprint density at radius 1 is 1.21 bits per heavy atom. The number of hydrogen-bond acceptors (Lipinski definition) is 8. The summed E-state index contributed by atoms with van der Waals surface area (Å²) in [6, 6.07) is 6.73. The minimum Gasteiger partial charge on any atom is -0.465 e. The normalized spacial score (nSPS) is 22.1. The van der Waals surface area contributed by atoms with E-state index in [9.17, 15) is 9.90 Å². The molecule has 38 heavy (non-hydrogen) atoms. The second-order valence-corrected chi connectivity index (χ2v) is 10.7. The van der Waals surface area contributed by atoms with E-state index in [1.165, 1.54) is 15.8 Å². The van der Waals surface area contributed by atoms with E-state index in [0.717, 1.165) is 60.4 Å². The molecule has 2 aromatic heterocycles. The number of pyridine rings is 1. The number of aryl methyl sites for hydroxylation is 1. The standard InChI is InChI=1S/C28H35N7O3/c1-18-5-6-19-13-30-14-24(22(19)12-18)34-10-7-21-23(16-34)31-27(38-17-20-4-3-9-33(20)2)32-26(21)25-15-29-8-11-35(25)28(36)37/h5-6,12-14,20,25,29H,3-4,7-11,15-17H2,1-2H3,(H,36,37)/t20-,25?/m0/s1. The number of carbonyl (C=O) groups is 1. The summed E-state index contributed by atoms with van der Waals surface area (Å²) in [5.74, 6) is 0. The highest BCUT2D eigenvalue weighted by Crippen LogP contribution is 2.34. The number of nitrogens with one attached hydrogen (secondary N) is 1. The maximum absolute atomic E-state index is 12.1. The van der Waals surface area contributed by atoms with Crippen LogP contribution in [0.5, 0.6) is 6.01 Å². The Hall–Kier alpha value is -3.50. The minimum absolute atomic E-state index is 0.337. The Labute approximate surface area is 222 Å². The Balaban J connectivity index is 1.36. The summed E-state index contributed by atoms with van der Waals surface area (Å²) in [5, 5.41) is 15.6. The molecule has 0 spiro atoms. The van der Waals surface area contributed by atoms with E-state index in [-0.39, 0.29) is 6.04 Å². The molecule has 3 aromatic rings. The van der Waals surface area contributed by atoms with Crippen molar-refractivity contribution in [3.63, 3.8) is 0 Å². The van der Waals surface area contributed by atoms with Gasteiger partial charge in [0.15, 0.2) is 0 Å². The van der Waals surface area contributed by atoms with Gasteiger partial charge in [-0.15, -0.1) is 0 Å². The lowest BCUT2D eigenvalue weighted by Crippen LogP contribution is -2.49. The van der Waals surface area contributed by atoms with Gasteiger partial charge in [0.25, 0.3) is 0 Å². The van der Waals surface area contributed by atoms with Gasteiger partial charge in [0.05, 0.1) is 35.9 Å². The van der Waals surface area contributed by atoms with Gasteiger partial charge in [0.1, 0.15) is 6.61 Å². The van der Waals surface area contributed by atoms with Crippen molar-refractivity contribution in [3.8, 4) is 6.01 Å². The lowest BCUT2D eigenvalue weighted by Gasteiger charge is -2.37. The van der Waals surface area contributed by atoms with Gasteiger partial charge in [-0.05, 0) is 45.8 Å². The summed E-state index contributed by atoms with van der Waals surface area (Å²) in [6.45, 7) is 6.65. The number of likely N-dealkylation sites (tertiary alicyclic amines) is 1. The van der Waals surface area contributed by atoms with Crippen molar-refractivity contribution in [2.75, 3.05) is 51.3 Å². The van der Waals surface area contributed by atoms with E-state index in [1.54, 1.807) is 0 Å². The fraction of sp³-hybridized carbons (Fsp3) is 0.500. The number of benzene rings is 1. The molecule has 3 aliphatic heterocycles. The number of piperazine rings is 1. The van der Waals surface area contributed by atoms with Gasteiger partial charge in [0.2, 0.25) is 0 Å². The molecule has 10 nitrogen and oxygen atoms in total. The van der Waals surface area contributed by atoms with Crippen LogP contribution in [0, 0.1) is 6.92 Å². The second kappa shape index (κ2) is 10.3. The van der Waals surface area contributed by atoms with Crippen LogP contribution in [0.4, 0.5) is 10.5 Å². The molecular formula is C28H35N7O3. The second-order valence-electron chi connectivity index (χ2n) is 10.7. The number of nitrogens with zero attached hydrogens (tertiary/aromatic N) is 6. The topological polar surface area (TPSA) is 107 Å². The van der Waals surface area contributed by atoms with Crippen LogP contribution in [-0.2, 0) is 13.0 Å². The molecule has 0 aliphatic carbocycles. The van der Waals surface area contributed by atoms with E-state index in [4.69, 9.17) is 14.7 Å². The first kappa shape index (κ1) is 24.8.